The van der Waals surface area contributed by atoms with Crippen molar-refractivity contribution < 1.29 is 31.5 Å². The Balaban J connectivity index is 1.92. The number of hydrogen-bond donors (Lipinski definition) is 0. The molecule has 1 aromatic heterocycles. The first-order chi connectivity index (χ1) is 14.0. The minimum atomic E-state index is -4.54. The van der Waals surface area contributed by atoms with Crippen molar-refractivity contribution in [3.05, 3.63) is 88.3 Å². The number of carbonyl (C=O) groups is 1. The van der Waals surface area contributed by atoms with Crippen LogP contribution in [-0.4, -0.2) is 15.6 Å². The van der Waals surface area contributed by atoms with Crippen molar-refractivity contribution >= 4 is 6.09 Å². The molecule has 0 N–H and O–H groups in total. The normalized spacial score (nSPS) is 12.7. The number of aromatic nitrogens is 2. The maximum Gasteiger partial charge on any atom is 0.432 e. The van der Waals surface area contributed by atoms with Gasteiger partial charge in [0.2, 0.25) is 0 Å². The van der Waals surface area contributed by atoms with E-state index in [4.69, 9.17) is 0 Å². The van der Waals surface area contributed by atoms with Gasteiger partial charge in [-0.1, -0.05) is 25.1 Å². The van der Waals surface area contributed by atoms with Crippen LogP contribution in [0.3, 0.4) is 0 Å². The number of hydrogen-bond acceptors (Lipinski definition) is 3. The van der Waals surface area contributed by atoms with Gasteiger partial charge in [-0.15, -0.1) is 0 Å². The summed E-state index contributed by atoms with van der Waals surface area (Å²) in [6.07, 6.45) is -3.74. The number of benzene rings is 2. The molecule has 0 unspecified atom stereocenters. The molecule has 0 aliphatic carbocycles. The SMILES string of the molecule is Cc1cccc([C@H](C)c2nccn2C(=O)OC(F)(F)c2ccc(F)c(F)c2F)c1C. The summed E-state index contributed by atoms with van der Waals surface area (Å²) >= 11 is 0. The van der Waals surface area contributed by atoms with Gasteiger partial charge < -0.3 is 4.74 Å². The second-order valence-electron chi connectivity index (χ2n) is 6.77. The van der Waals surface area contributed by atoms with Crippen molar-refractivity contribution in [2.75, 3.05) is 0 Å². The van der Waals surface area contributed by atoms with Gasteiger partial charge in [-0.3, -0.25) is 0 Å². The predicted molar refractivity (Wildman–Crippen MR) is 97.7 cm³/mol. The van der Waals surface area contributed by atoms with Crippen LogP contribution in [0.4, 0.5) is 26.7 Å². The van der Waals surface area contributed by atoms with Gasteiger partial charge in [0.25, 0.3) is 0 Å². The van der Waals surface area contributed by atoms with Crippen LogP contribution in [0.25, 0.3) is 0 Å². The number of ether oxygens (including phenoxy) is 1. The quantitative estimate of drug-likeness (QED) is 0.393. The maximum atomic E-state index is 14.3. The Hall–Kier alpha value is -3.23. The topological polar surface area (TPSA) is 44.1 Å². The Morgan fingerprint density at radius 2 is 1.80 bits per heavy atom. The molecule has 0 saturated carbocycles. The monoisotopic (exact) mass is 424 g/mol. The van der Waals surface area contributed by atoms with Crippen molar-refractivity contribution in [1.82, 2.24) is 9.55 Å². The molecule has 0 saturated heterocycles. The molecule has 158 valence electrons. The molecule has 0 spiro atoms. The van der Waals surface area contributed by atoms with E-state index in [1.807, 2.05) is 32.0 Å². The Labute approximate surface area is 168 Å². The molecule has 30 heavy (non-hydrogen) atoms. The fourth-order valence-corrected chi connectivity index (χ4v) is 3.14. The average Bonchev–Trinajstić information content (AvgIpc) is 3.17. The largest absolute Gasteiger partial charge is 0.432 e. The summed E-state index contributed by atoms with van der Waals surface area (Å²) in [4.78, 5) is 16.5. The average molecular weight is 424 g/mol. The summed E-state index contributed by atoms with van der Waals surface area (Å²) < 4.78 is 73.7. The van der Waals surface area contributed by atoms with Gasteiger partial charge in [-0.25, -0.2) is 27.5 Å². The zero-order chi connectivity index (χ0) is 22.2. The highest BCUT2D eigenvalue weighted by Crippen LogP contribution is 2.34. The molecule has 3 rings (SSSR count). The van der Waals surface area contributed by atoms with E-state index in [1.54, 1.807) is 6.92 Å². The molecule has 0 radical (unpaired) electrons. The number of alkyl halides is 2. The number of carbonyl (C=O) groups excluding carboxylic acids is 1. The zero-order valence-electron chi connectivity index (χ0n) is 16.2. The molecular formula is C21H17F5N2O2. The third-order valence-corrected chi connectivity index (χ3v) is 4.93. The van der Waals surface area contributed by atoms with Crippen molar-refractivity contribution in [3.8, 4) is 0 Å². The summed E-state index contributed by atoms with van der Waals surface area (Å²) in [5.41, 5.74) is 1.18. The van der Waals surface area contributed by atoms with Crippen molar-refractivity contribution in [2.24, 2.45) is 0 Å². The second-order valence-corrected chi connectivity index (χ2v) is 6.77. The van der Waals surface area contributed by atoms with E-state index < -0.39 is 41.1 Å². The predicted octanol–water partition coefficient (Wildman–Crippen LogP) is 5.80. The smallest absolute Gasteiger partial charge is 0.379 e. The first-order valence-electron chi connectivity index (χ1n) is 8.89. The molecular weight excluding hydrogens is 407 g/mol. The summed E-state index contributed by atoms with van der Waals surface area (Å²) in [7, 11) is 0. The van der Waals surface area contributed by atoms with E-state index in [9.17, 15) is 26.7 Å². The highest BCUT2D eigenvalue weighted by Gasteiger charge is 2.42. The van der Waals surface area contributed by atoms with E-state index in [1.165, 1.54) is 6.20 Å². The highest BCUT2D eigenvalue weighted by atomic mass is 19.3. The standard InChI is InChI=1S/C21H17F5N2O2/c1-11-5-4-6-14(12(11)2)13(3)19-27-9-10-28(19)20(29)30-21(25,26)15-7-8-16(22)18(24)17(15)23/h4-10,13H,1-3H3/t13-/m0/s1. The van der Waals surface area contributed by atoms with Gasteiger partial charge in [0, 0.05) is 18.3 Å². The van der Waals surface area contributed by atoms with Crippen LogP contribution in [0.15, 0.2) is 42.7 Å². The lowest BCUT2D eigenvalue weighted by Crippen LogP contribution is -2.28. The Morgan fingerprint density at radius 3 is 2.50 bits per heavy atom. The molecule has 0 fully saturated rings. The molecule has 3 aromatic rings. The molecule has 0 aliphatic rings. The summed E-state index contributed by atoms with van der Waals surface area (Å²) in [6.45, 7) is 5.52. The van der Waals surface area contributed by atoms with Crippen LogP contribution >= 0.6 is 0 Å². The Morgan fingerprint density at radius 1 is 1.10 bits per heavy atom. The second kappa shape index (κ2) is 7.89. The lowest BCUT2D eigenvalue weighted by molar-refractivity contribution is -0.209. The number of imidazole rings is 1. The first kappa shape index (κ1) is 21.5. The van der Waals surface area contributed by atoms with E-state index >= 15 is 0 Å². The molecule has 1 heterocycles. The van der Waals surface area contributed by atoms with E-state index in [0.29, 0.717) is 12.1 Å². The summed E-state index contributed by atoms with van der Waals surface area (Å²) in [5, 5.41) is 0. The number of rotatable bonds is 4. The lowest BCUT2D eigenvalue weighted by atomic mass is 9.93. The van der Waals surface area contributed by atoms with Crippen LogP contribution in [0, 0.1) is 31.3 Å². The van der Waals surface area contributed by atoms with Crippen molar-refractivity contribution in [3.63, 3.8) is 0 Å². The van der Waals surface area contributed by atoms with E-state index in [-0.39, 0.29) is 5.82 Å². The highest BCUT2D eigenvalue weighted by molar-refractivity contribution is 5.72. The molecule has 0 amide bonds. The lowest BCUT2D eigenvalue weighted by Gasteiger charge is -2.20. The van der Waals surface area contributed by atoms with Crippen LogP contribution < -0.4 is 0 Å². The van der Waals surface area contributed by atoms with Gasteiger partial charge >= 0.3 is 12.2 Å². The van der Waals surface area contributed by atoms with E-state index in [2.05, 4.69) is 9.72 Å². The molecule has 4 nitrogen and oxygen atoms in total. The molecule has 0 bridgehead atoms. The zero-order valence-corrected chi connectivity index (χ0v) is 16.2. The van der Waals surface area contributed by atoms with Crippen LogP contribution in [0.2, 0.25) is 0 Å². The van der Waals surface area contributed by atoms with Gasteiger partial charge in [-0.2, -0.15) is 8.78 Å². The van der Waals surface area contributed by atoms with E-state index in [0.717, 1.165) is 27.5 Å². The maximum absolute atomic E-state index is 14.3. The summed E-state index contributed by atoms with van der Waals surface area (Å²) in [5.74, 6) is -6.20. The van der Waals surface area contributed by atoms with Gasteiger partial charge in [0.15, 0.2) is 17.5 Å². The fourth-order valence-electron chi connectivity index (χ4n) is 3.14. The van der Waals surface area contributed by atoms with Crippen LogP contribution in [0.1, 0.15) is 40.9 Å². The minimum absolute atomic E-state index is 0.121. The third-order valence-electron chi connectivity index (χ3n) is 4.93. The molecule has 1 atom stereocenters. The number of nitrogens with zero attached hydrogens (tertiary/aromatic N) is 2. The number of aryl methyl sites for hydroxylation is 1. The minimum Gasteiger partial charge on any atom is -0.379 e. The molecule has 2 aromatic carbocycles. The fraction of sp³-hybridized carbons (Fsp3) is 0.238. The third kappa shape index (κ3) is 3.79. The molecule has 9 heteroatoms. The summed E-state index contributed by atoms with van der Waals surface area (Å²) in [6, 6.07) is 6.18. The van der Waals surface area contributed by atoms with Gasteiger partial charge in [0.1, 0.15) is 11.4 Å². The Bertz CT molecular complexity index is 1110. The van der Waals surface area contributed by atoms with Crippen molar-refractivity contribution in [2.45, 2.75) is 32.8 Å². The van der Waals surface area contributed by atoms with Crippen LogP contribution in [-0.2, 0) is 10.8 Å². The van der Waals surface area contributed by atoms with Crippen molar-refractivity contribution in [1.29, 1.82) is 0 Å². The Kier molecular flexibility index (Phi) is 5.65. The van der Waals surface area contributed by atoms with Gasteiger partial charge in [0.05, 0.1) is 0 Å². The number of halogens is 5. The van der Waals surface area contributed by atoms with Crippen LogP contribution in [0.5, 0.6) is 0 Å². The first-order valence-corrected chi connectivity index (χ1v) is 8.89. The molecule has 0 aliphatic heterocycles. The van der Waals surface area contributed by atoms with Gasteiger partial charge in [-0.05, 0) is 42.7 Å².